The summed E-state index contributed by atoms with van der Waals surface area (Å²) in [7, 11) is 0. The molecule has 0 aliphatic heterocycles. The number of carbonyl (C=O) groups excluding carboxylic acids is 2. The van der Waals surface area contributed by atoms with Crippen LogP contribution in [-0.4, -0.2) is 24.0 Å². The molecule has 0 saturated carbocycles. The van der Waals surface area contributed by atoms with Crippen LogP contribution in [0.2, 0.25) is 5.02 Å². The van der Waals surface area contributed by atoms with Gasteiger partial charge in [0.1, 0.15) is 0 Å². The van der Waals surface area contributed by atoms with Gasteiger partial charge in [0.25, 0.3) is 5.91 Å². The van der Waals surface area contributed by atoms with Crippen LogP contribution < -0.4 is 5.32 Å². The standard InChI is InChI=1S/C14H17BrClNO3/c1-4-14(2,3)17-12(18)8-20-13(19)10-7-9(15)5-6-11(10)16/h5-7H,4,8H2,1-3H3,(H,17,18). The number of ether oxygens (including phenoxy) is 1. The second kappa shape index (κ2) is 7.09. The van der Waals surface area contributed by atoms with Crippen molar-refractivity contribution in [3.05, 3.63) is 33.3 Å². The number of nitrogens with one attached hydrogen (secondary N) is 1. The van der Waals surface area contributed by atoms with E-state index >= 15 is 0 Å². The number of hydrogen-bond donors (Lipinski definition) is 1. The minimum absolute atomic E-state index is 0.226. The van der Waals surface area contributed by atoms with Crippen molar-refractivity contribution >= 4 is 39.4 Å². The molecular formula is C14H17BrClNO3. The van der Waals surface area contributed by atoms with Crippen LogP contribution in [0.4, 0.5) is 0 Å². The zero-order valence-corrected chi connectivity index (χ0v) is 14.0. The molecule has 110 valence electrons. The Morgan fingerprint density at radius 1 is 1.40 bits per heavy atom. The first kappa shape index (κ1) is 17.0. The van der Waals surface area contributed by atoms with Gasteiger partial charge in [0.2, 0.25) is 0 Å². The molecule has 1 N–H and O–H groups in total. The van der Waals surface area contributed by atoms with Crippen molar-refractivity contribution in [1.82, 2.24) is 5.32 Å². The smallest absolute Gasteiger partial charge is 0.340 e. The lowest BCUT2D eigenvalue weighted by atomic mass is 10.0. The van der Waals surface area contributed by atoms with E-state index in [1.807, 2.05) is 20.8 Å². The maximum Gasteiger partial charge on any atom is 0.340 e. The van der Waals surface area contributed by atoms with Crippen LogP contribution in [0.1, 0.15) is 37.6 Å². The number of hydrogen-bond acceptors (Lipinski definition) is 3. The summed E-state index contributed by atoms with van der Waals surface area (Å²) in [6.07, 6.45) is 0.782. The first-order valence-electron chi connectivity index (χ1n) is 6.18. The van der Waals surface area contributed by atoms with Gasteiger partial charge in [0.15, 0.2) is 6.61 Å². The number of amides is 1. The third-order valence-corrected chi connectivity index (χ3v) is 3.67. The first-order valence-corrected chi connectivity index (χ1v) is 7.35. The lowest BCUT2D eigenvalue weighted by Gasteiger charge is -2.24. The Bertz CT molecular complexity index is 517. The molecule has 0 unspecified atom stereocenters. The zero-order valence-electron chi connectivity index (χ0n) is 11.6. The summed E-state index contributed by atoms with van der Waals surface area (Å²) in [5.41, 5.74) is -0.0970. The van der Waals surface area contributed by atoms with Gasteiger partial charge in [0.05, 0.1) is 10.6 Å². The number of benzene rings is 1. The van der Waals surface area contributed by atoms with E-state index in [-0.39, 0.29) is 28.6 Å². The molecule has 0 radical (unpaired) electrons. The Kier molecular flexibility index (Phi) is 6.02. The van der Waals surface area contributed by atoms with Gasteiger partial charge in [-0.25, -0.2) is 4.79 Å². The third-order valence-electron chi connectivity index (χ3n) is 2.84. The summed E-state index contributed by atoms with van der Waals surface area (Å²) in [5.74, 6) is -0.961. The van der Waals surface area contributed by atoms with Crippen molar-refractivity contribution in [2.75, 3.05) is 6.61 Å². The van der Waals surface area contributed by atoms with E-state index in [1.165, 1.54) is 0 Å². The van der Waals surface area contributed by atoms with Crippen molar-refractivity contribution in [3.8, 4) is 0 Å². The summed E-state index contributed by atoms with van der Waals surface area (Å²) in [4.78, 5) is 23.5. The molecule has 0 saturated heterocycles. The number of rotatable bonds is 5. The van der Waals surface area contributed by atoms with Gasteiger partial charge in [-0.1, -0.05) is 34.5 Å². The molecule has 0 aromatic heterocycles. The average Bonchev–Trinajstić information content (AvgIpc) is 2.38. The normalized spacial score (nSPS) is 11.1. The summed E-state index contributed by atoms with van der Waals surface area (Å²) in [6.45, 7) is 5.44. The highest BCUT2D eigenvalue weighted by Crippen LogP contribution is 2.21. The molecule has 6 heteroatoms. The van der Waals surface area contributed by atoms with Crippen molar-refractivity contribution in [3.63, 3.8) is 0 Å². The van der Waals surface area contributed by atoms with Crippen molar-refractivity contribution in [2.24, 2.45) is 0 Å². The fourth-order valence-electron chi connectivity index (χ4n) is 1.36. The van der Waals surface area contributed by atoms with Gasteiger partial charge in [-0.05, 0) is 38.5 Å². The molecule has 1 rings (SSSR count). The van der Waals surface area contributed by atoms with Gasteiger partial charge in [-0.15, -0.1) is 0 Å². The lowest BCUT2D eigenvalue weighted by molar-refractivity contribution is -0.125. The van der Waals surface area contributed by atoms with E-state index in [0.29, 0.717) is 4.47 Å². The van der Waals surface area contributed by atoms with E-state index in [4.69, 9.17) is 16.3 Å². The summed E-state index contributed by atoms with van der Waals surface area (Å²) in [6, 6.07) is 4.86. The lowest BCUT2D eigenvalue weighted by Crippen LogP contribution is -2.44. The van der Waals surface area contributed by atoms with Crippen LogP contribution >= 0.6 is 27.5 Å². The zero-order chi connectivity index (χ0) is 15.3. The summed E-state index contributed by atoms with van der Waals surface area (Å²) >= 11 is 9.16. The third kappa shape index (κ3) is 5.13. The molecule has 20 heavy (non-hydrogen) atoms. The minimum Gasteiger partial charge on any atom is -0.452 e. The summed E-state index contributed by atoms with van der Waals surface area (Å²) in [5, 5.41) is 3.07. The van der Waals surface area contributed by atoms with E-state index in [2.05, 4.69) is 21.2 Å². The molecular weight excluding hydrogens is 346 g/mol. The van der Waals surface area contributed by atoms with E-state index < -0.39 is 5.97 Å². The fourth-order valence-corrected chi connectivity index (χ4v) is 1.92. The van der Waals surface area contributed by atoms with Crippen LogP contribution in [0.15, 0.2) is 22.7 Å². The highest BCUT2D eigenvalue weighted by molar-refractivity contribution is 9.10. The molecule has 0 atom stereocenters. The molecule has 0 spiro atoms. The highest BCUT2D eigenvalue weighted by Gasteiger charge is 2.19. The molecule has 0 aliphatic rings. The van der Waals surface area contributed by atoms with Crippen molar-refractivity contribution in [1.29, 1.82) is 0 Å². The molecule has 1 amide bonds. The largest absolute Gasteiger partial charge is 0.452 e. The van der Waals surface area contributed by atoms with Crippen LogP contribution in [0.3, 0.4) is 0 Å². The monoisotopic (exact) mass is 361 g/mol. The van der Waals surface area contributed by atoms with Crippen LogP contribution in [0.5, 0.6) is 0 Å². The topological polar surface area (TPSA) is 55.4 Å². The maximum absolute atomic E-state index is 11.8. The molecule has 0 heterocycles. The molecule has 4 nitrogen and oxygen atoms in total. The Labute approximate surface area is 132 Å². The van der Waals surface area contributed by atoms with E-state index in [0.717, 1.165) is 6.42 Å². The second-order valence-corrected chi connectivity index (χ2v) is 6.31. The molecule has 0 bridgehead atoms. The molecule has 0 fully saturated rings. The Morgan fingerprint density at radius 2 is 2.05 bits per heavy atom. The van der Waals surface area contributed by atoms with Crippen molar-refractivity contribution in [2.45, 2.75) is 32.7 Å². The quantitative estimate of drug-likeness (QED) is 0.815. The van der Waals surface area contributed by atoms with Gasteiger partial charge < -0.3 is 10.1 Å². The summed E-state index contributed by atoms with van der Waals surface area (Å²) < 4.78 is 5.67. The van der Waals surface area contributed by atoms with Crippen LogP contribution in [0.25, 0.3) is 0 Å². The van der Waals surface area contributed by atoms with Crippen LogP contribution in [0, 0.1) is 0 Å². The fraction of sp³-hybridized carbons (Fsp3) is 0.429. The Balaban J connectivity index is 2.60. The molecule has 1 aromatic rings. The predicted molar refractivity (Wildman–Crippen MR) is 81.9 cm³/mol. The van der Waals surface area contributed by atoms with Crippen LogP contribution in [-0.2, 0) is 9.53 Å². The minimum atomic E-state index is -0.624. The van der Waals surface area contributed by atoms with Gasteiger partial charge in [-0.3, -0.25) is 4.79 Å². The number of carbonyl (C=O) groups is 2. The van der Waals surface area contributed by atoms with E-state index in [1.54, 1.807) is 18.2 Å². The number of halogens is 2. The highest BCUT2D eigenvalue weighted by atomic mass is 79.9. The average molecular weight is 363 g/mol. The maximum atomic E-state index is 11.8. The van der Waals surface area contributed by atoms with E-state index in [9.17, 15) is 9.59 Å². The Morgan fingerprint density at radius 3 is 2.65 bits per heavy atom. The van der Waals surface area contributed by atoms with Gasteiger partial charge in [-0.2, -0.15) is 0 Å². The molecule has 0 aliphatic carbocycles. The number of esters is 1. The second-order valence-electron chi connectivity index (χ2n) is 4.99. The predicted octanol–water partition coefficient (Wildman–Crippen LogP) is 3.56. The SMILES string of the molecule is CCC(C)(C)NC(=O)COC(=O)c1cc(Br)ccc1Cl. The first-order chi connectivity index (χ1) is 9.25. The van der Waals surface area contributed by atoms with Gasteiger partial charge in [0, 0.05) is 10.0 Å². The van der Waals surface area contributed by atoms with Gasteiger partial charge >= 0.3 is 5.97 Å². The Hall–Kier alpha value is -1.07. The van der Waals surface area contributed by atoms with Crippen molar-refractivity contribution < 1.29 is 14.3 Å². The molecule has 1 aromatic carbocycles.